The Labute approximate surface area is 180 Å². The molecule has 2 heterocycles. The molecule has 8 heteroatoms. The zero-order valence-corrected chi connectivity index (χ0v) is 19.2. The van der Waals surface area contributed by atoms with Crippen molar-refractivity contribution in [2.75, 3.05) is 53.0 Å². The van der Waals surface area contributed by atoms with Crippen molar-refractivity contribution in [1.82, 2.24) is 15.1 Å². The molecule has 1 aromatic carbocycles. The molecule has 2 aliphatic heterocycles. The maximum atomic E-state index is 13.7. The van der Waals surface area contributed by atoms with E-state index in [-0.39, 0.29) is 35.2 Å². The Balaban J connectivity index is 0.00000243. The number of piperazine rings is 1. The van der Waals surface area contributed by atoms with Crippen LogP contribution in [0, 0.1) is 11.2 Å². The molecule has 0 amide bonds. The van der Waals surface area contributed by atoms with Crippen LogP contribution >= 0.6 is 39.9 Å². The van der Waals surface area contributed by atoms with Crippen LogP contribution < -0.4 is 5.32 Å². The lowest BCUT2D eigenvalue weighted by Gasteiger charge is -2.41. The molecule has 0 aliphatic carbocycles. The predicted octanol–water partition coefficient (Wildman–Crippen LogP) is 2.94. The van der Waals surface area contributed by atoms with Gasteiger partial charge in [-0.3, -0.25) is 9.89 Å². The van der Waals surface area contributed by atoms with Gasteiger partial charge in [-0.2, -0.15) is 0 Å². The lowest BCUT2D eigenvalue weighted by Crippen LogP contribution is -2.55. The molecule has 1 N–H and O–H groups in total. The first kappa shape index (κ1) is 21.8. The van der Waals surface area contributed by atoms with Gasteiger partial charge < -0.3 is 15.0 Å². The molecular weight excluding hydrogens is 514 g/mol. The molecule has 2 fully saturated rings. The number of halogens is 3. The van der Waals surface area contributed by atoms with Crippen molar-refractivity contribution in [3.8, 4) is 0 Å². The topological polar surface area (TPSA) is 40.1 Å². The summed E-state index contributed by atoms with van der Waals surface area (Å²) in [5.74, 6) is 0.761. The molecule has 0 radical (unpaired) electrons. The number of guanidine groups is 1. The normalized spacial score (nSPS) is 20.3. The maximum Gasteiger partial charge on any atom is 0.193 e. The van der Waals surface area contributed by atoms with Crippen LogP contribution in [0.5, 0.6) is 0 Å². The van der Waals surface area contributed by atoms with Crippen LogP contribution in [0.15, 0.2) is 27.7 Å². The van der Waals surface area contributed by atoms with Crippen LogP contribution in [0.1, 0.15) is 12.5 Å². The van der Waals surface area contributed by atoms with Crippen molar-refractivity contribution in [3.05, 3.63) is 34.1 Å². The monoisotopic (exact) mass is 540 g/mol. The van der Waals surface area contributed by atoms with Crippen molar-refractivity contribution in [2.45, 2.75) is 13.5 Å². The van der Waals surface area contributed by atoms with E-state index in [0.717, 1.165) is 64.0 Å². The first-order valence-electron chi connectivity index (χ1n) is 8.69. The van der Waals surface area contributed by atoms with Crippen LogP contribution in [0.2, 0.25) is 0 Å². The molecule has 0 spiro atoms. The van der Waals surface area contributed by atoms with Crippen LogP contribution in [0.4, 0.5) is 4.39 Å². The van der Waals surface area contributed by atoms with E-state index >= 15 is 0 Å². The van der Waals surface area contributed by atoms with Gasteiger partial charge in [0, 0.05) is 51.7 Å². The van der Waals surface area contributed by atoms with Gasteiger partial charge in [-0.25, -0.2) is 4.39 Å². The fraction of sp³-hybridized carbons (Fsp3) is 0.611. The van der Waals surface area contributed by atoms with Gasteiger partial charge in [0.05, 0.1) is 17.7 Å². The van der Waals surface area contributed by atoms with Crippen molar-refractivity contribution in [3.63, 3.8) is 0 Å². The van der Waals surface area contributed by atoms with E-state index in [9.17, 15) is 4.39 Å². The molecule has 1 aromatic rings. The minimum atomic E-state index is -0.200. The van der Waals surface area contributed by atoms with Crippen molar-refractivity contribution in [2.24, 2.45) is 10.4 Å². The van der Waals surface area contributed by atoms with E-state index in [0.29, 0.717) is 4.47 Å². The number of hydrogen-bond donors (Lipinski definition) is 1. The predicted molar refractivity (Wildman–Crippen MR) is 117 cm³/mol. The van der Waals surface area contributed by atoms with Crippen LogP contribution in [-0.4, -0.2) is 68.7 Å². The molecule has 2 aliphatic rings. The Kier molecular flexibility index (Phi) is 8.11. The van der Waals surface area contributed by atoms with Gasteiger partial charge in [-0.05, 0) is 33.6 Å². The fourth-order valence-electron chi connectivity index (χ4n) is 3.19. The van der Waals surface area contributed by atoms with Gasteiger partial charge in [-0.15, -0.1) is 24.0 Å². The highest BCUT2D eigenvalue weighted by atomic mass is 127. The average Bonchev–Trinajstić information content (AvgIpc) is 2.58. The molecule has 0 aromatic heterocycles. The highest BCUT2D eigenvalue weighted by molar-refractivity contribution is 14.0. The van der Waals surface area contributed by atoms with Gasteiger partial charge in [-0.1, -0.05) is 13.0 Å². The van der Waals surface area contributed by atoms with E-state index in [1.807, 2.05) is 13.1 Å². The molecule has 0 saturated carbocycles. The number of benzene rings is 1. The number of hydrogen-bond acceptors (Lipinski definition) is 3. The fourth-order valence-corrected chi connectivity index (χ4v) is 3.44. The Morgan fingerprint density at radius 2 is 2.00 bits per heavy atom. The summed E-state index contributed by atoms with van der Waals surface area (Å²) in [5.41, 5.74) is 1.23. The van der Waals surface area contributed by atoms with Crippen molar-refractivity contribution in [1.29, 1.82) is 0 Å². The van der Waals surface area contributed by atoms with E-state index in [2.05, 4.69) is 43.0 Å². The number of aliphatic imine (C=N–C) groups is 1. The summed E-state index contributed by atoms with van der Waals surface area (Å²) < 4.78 is 19.5. The second-order valence-electron chi connectivity index (χ2n) is 7.22. The largest absolute Gasteiger partial charge is 0.380 e. The Bertz CT molecular complexity index is 634. The van der Waals surface area contributed by atoms with Gasteiger partial charge in [0.15, 0.2) is 5.96 Å². The highest BCUT2D eigenvalue weighted by Crippen LogP contribution is 2.25. The first-order chi connectivity index (χ1) is 12.0. The third-order valence-corrected chi connectivity index (χ3v) is 5.49. The van der Waals surface area contributed by atoms with Crippen LogP contribution in [0.25, 0.3) is 0 Å². The average molecular weight is 541 g/mol. The third-order valence-electron chi connectivity index (χ3n) is 4.85. The van der Waals surface area contributed by atoms with Crippen LogP contribution in [-0.2, 0) is 11.3 Å². The van der Waals surface area contributed by atoms with Crippen molar-refractivity contribution >= 4 is 45.9 Å². The number of rotatable bonds is 4. The number of nitrogens with one attached hydrogen (secondary N) is 1. The zero-order chi connectivity index (χ0) is 17.9. The molecule has 0 bridgehead atoms. The smallest absolute Gasteiger partial charge is 0.193 e. The lowest BCUT2D eigenvalue weighted by atomic mass is 9.89. The summed E-state index contributed by atoms with van der Waals surface area (Å²) in [6.45, 7) is 9.25. The van der Waals surface area contributed by atoms with E-state index in [1.165, 1.54) is 0 Å². The minimum absolute atomic E-state index is 0. The Morgan fingerprint density at radius 1 is 1.31 bits per heavy atom. The lowest BCUT2D eigenvalue weighted by molar-refractivity contribution is -0.0973. The van der Waals surface area contributed by atoms with E-state index in [1.54, 1.807) is 12.1 Å². The maximum absolute atomic E-state index is 13.7. The molecule has 2 saturated heterocycles. The summed E-state index contributed by atoms with van der Waals surface area (Å²) in [5, 5.41) is 3.48. The summed E-state index contributed by atoms with van der Waals surface area (Å²) in [4.78, 5) is 9.07. The summed E-state index contributed by atoms with van der Waals surface area (Å²) in [6.07, 6.45) is 0. The Morgan fingerprint density at radius 3 is 2.54 bits per heavy atom. The Hall–Kier alpha value is -0.450. The zero-order valence-electron chi connectivity index (χ0n) is 15.3. The first-order valence-corrected chi connectivity index (χ1v) is 9.48. The summed E-state index contributed by atoms with van der Waals surface area (Å²) in [6, 6.07) is 5.36. The van der Waals surface area contributed by atoms with Gasteiger partial charge >= 0.3 is 0 Å². The second-order valence-corrected chi connectivity index (χ2v) is 8.07. The minimum Gasteiger partial charge on any atom is -0.380 e. The molecular formula is C18H27BrFIN4O. The molecule has 3 rings (SSSR count). The van der Waals surface area contributed by atoms with E-state index < -0.39 is 0 Å². The number of ether oxygens (including phenoxy) is 1. The molecule has 0 atom stereocenters. The molecule has 26 heavy (non-hydrogen) atoms. The molecule has 5 nitrogen and oxygen atoms in total. The molecule has 146 valence electrons. The van der Waals surface area contributed by atoms with Gasteiger partial charge in [0.25, 0.3) is 0 Å². The number of nitrogens with zero attached hydrogens (tertiary/aromatic N) is 3. The summed E-state index contributed by atoms with van der Waals surface area (Å²) >= 11 is 3.20. The van der Waals surface area contributed by atoms with Gasteiger partial charge in [0.1, 0.15) is 5.82 Å². The quantitative estimate of drug-likeness (QED) is 0.362. The highest BCUT2D eigenvalue weighted by Gasteiger charge is 2.33. The second kappa shape index (κ2) is 9.66. The van der Waals surface area contributed by atoms with E-state index in [4.69, 9.17) is 4.74 Å². The SMILES string of the molecule is CN=C(NCC1(C)COC1)N1CCN(Cc2ccc(Br)c(F)c2)CC1.I. The summed E-state index contributed by atoms with van der Waals surface area (Å²) in [7, 11) is 1.83. The standard InChI is InChI=1S/C18H26BrFN4O.HI/c1-18(12-25-13-18)11-22-17(21-2)24-7-5-23(6-8-24)10-14-3-4-15(19)16(20)9-14;/h3-4,9H,5-8,10-13H2,1-2H3,(H,21,22);1H. The van der Waals surface area contributed by atoms with Gasteiger partial charge in [0.2, 0.25) is 0 Å². The third kappa shape index (κ3) is 5.53. The van der Waals surface area contributed by atoms with Crippen molar-refractivity contribution < 1.29 is 9.13 Å². The molecule has 0 unspecified atom stereocenters. The van der Waals surface area contributed by atoms with Crippen LogP contribution in [0.3, 0.4) is 0 Å².